The van der Waals surface area contributed by atoms with Gasteiger partial charge in [-0.15, -0.1) is 0 Å². The summed E-state index contributed by atoms with van der Waals surface area (Å²) in [5, 5.41) is 1.09. The van der Waals surface area contributed by atoms with Gasteiger partial charge < -0.3 is 10.7 Å². The van der Waals surface area contributed by atoms with E-state index in [0.717, 1.165) is 28.6 Å². The zero-order valence-corrected chi connectivity index (χ0v) is 11.3. The summed E-state index contributed by atoms with van der Waals surface area (Å²) in [6.45, 7) is 1.96. The Bertz CT molecular complexity index is 817. The topological polar surface area (TPSA) is 58.9 Å². The summed E-state index contributed by atoms with van der Waals surface area (Å²) in [4.78, 5) is 14.3. The summed E-state index contributed by atoms with van der Waals surface area (Å²) >= 11 is 0. The van der Waals surface area contributed by atoms with Crippen LogP contribution in [0.1, 0.15) is 16.7 Å². The monoisotopic (exact) mass is 264 g/mol. The molecule has 3 N–H and O–H groups in total. The first-order valence-electron chi connectivity index (χ1n) is 6.59. The van der Waals surface area contributed by atoms with Gasteiger partial charge in [-0.05, 0) is 54.3 Å². The predicted molar refractivity (Wildman–Crippen MR) is 83.0 cm³/mol. The molecule has 0 aliphatic heterocycles. The van der Waals surface area contributed by atoms with Crippen molar-refractivity contribution in [2.45, 2.75) is 13.3 Å². The summed E-state index contributed by atoms with van der Waals surface area (Å²) in [7, 11) is 0. The molecule has 3 heteroatoms. The highest BCUT2D eigenvalue weighted by Crippen LogP contribution is 2.19. The molecule has 0 saturated heterocycles. The average molecular weight is 264 g/mol. The van der Waals surface area contributed by atoms with E-state index in [-0.39, 0.29) is 5.56 Å². The highest BCUT2D eigenvalue weighted by molar-refractivity contribution is 5.82. The van der Waals surface area contributed by atoms with Crippen LogP contribution in [0.2, 0.25) is 0 Å². The predicted octanol–water partition coefficient (Wildman–Crippen LogP) is 3.01. The van der Waals surface area contributed by atoms with Gasteiger partial charge in [0.2, 0.25) is 5.56 Å². The smallest absolute Gasteiger partial charge is 0.248 e. The van der Waals surface area contributed by atoms with Crippen LogP contribution in [0.15, 0.2) is 53.3 Å². The maximum absolute atomic E-state index is 11.4. The molecule has 0 atom stereocenters. The molecular formula is C17H16N2O. The molecule has 3 aromatic rings. The average Bonchev–Trinajstić information content (AvgIpc) is 2.42. The van der Waals surface area contributed by atoms with E-state index in [1.54, 1.807) is 6.07 Å². The lowest BCUT2D eigenvalue weighted by Crippen LogP contribution is -2.05. The van der Waals surface area contributed by atoms with E-state index in [9.17, 15) is 4.79 Å². The van der Waals surface area contributed by atoms with Crippen LogP contribution in [0.5, 0.6) is 0 Å². The molecule has 20 heavy (non-hydrogen) atoms. The lowest BCUT2D eigenvalue weighted by molar-refractivity contribution is 1.19. The fourth-order valence-electron chi connectivity index (χ4n) is 2.45. The SMILES string of the molecule is Cc1cc(=O)[nH]c2ccc(Cc3ccc(N)cc3)cc12. The number of H-pyrrole nitrogens is 1. The van der Waals surface area contributed by atoms with Gasteiger partial charge in [-0.25, -0.2) is 0 Å². The molecule has 0 amide bonds. The molecule has 1 aromatic heterocycles. The van der Waals surface area contributed by atoms with Crippen LogP contribution in [-0.2, 0) is 6.42 Å². The van der Waals surface area contributed by atoms with Crippen molar-refractivity contribution in [3.63, 3.8) is 0 Å². The van der Waals surface area contributed by atoms with Gasteiger partial charge >= 0.3 is 0 Å². The Morgan fingerprint density at radius 1 is 1.00 bits per heavy atom. The third-order valence-electron chi connectivity index (χ3n) is 3.50. The fourth-order valence-corrected chi connectivity index (χ4v) is 2.45. The number of nitrogens with two attached hydrogens (primary N) is 1. The zero-order chi connectivity index (χ0) is 14.1. The van der Waals surface area contributed by atoms with E-state index in [0.29, 0.717) is 0 Å². The molecule has 0 unspecified atom stereocenters. The van der Waals surface area contributed by atoms with Gasteiger partial charge in [0.25, 0.3) is 0 Å². The number of fused-ring (bicyclic) bond motifs is 1. The van der Waals surface area contributed by atoms with Crippen molar-refractivity contribution in [1.82, 2.24) is 4.98 Å². The first kappa shape index (κ1) is 12.5. The van der Waals surface area contributed by atoms with Gasteiger partial charge in [-0.3, -0.25) is 4.79 Å². The number of pyridine rings is 1. The molecule has 0 fully saturated rings. The Labute approximate surface area is 117 Å². The van der Waals surface area contributed by atoms with E-state index in [1.165, 1.54) is 11.1 Å². The van der Waals surface area contributed by atoms with Gasteiger partial charge in [0, 0.05) is 22.7 Å². The van der Waals surface area contributed by atoms with Gasteiger partial charge in [-0.1, -0.05) is 18.2 Å². The van der Waals surface area contributed by atoms with Crippen molar-refractivity contribution in [1.29, 1.82) is 0 Å². The number of aryl methyl sites for hydroxylation is 1. The Hall–Kier alpha value is -2.55. The number of hydrogen-bond acceptors (Lipinski definition) is 2. The van der Waals surface area contributed by atoms with Crippen molar-refractivity contribution in [2.75, 3.05) is 5.73 Å². The van der Waals surface area contributed by atoms with Crippen LogP contribution in [0.4, 0.5) is 5.69 Å². The second-order valence-corrected chi connectivity index (χ2v) is 5.11. The fraction of sp³-hybridized carbons (Fsp3) is 0.118. The van der Waals surface area contributed by atoms with Crippen LogP contribution >= 0.6 is 0 Å². The number of benzene rings is 2. The highest BCUT2D eigenvalue weighted by Gasteiger charge is 2.02. The second kappa shape index (κ2) is 4.85. The van der Waals surface area contributed by atoms with Crippen molar-refractivity contribution in [2.24, 2.45) is 0 Å². The molecule has 0 aliphatic rings. The maximum atomic E-state index is 11.4. The van der Waals surface area contributed by atoms with Gasteiger partial charge in [-0.2, -0.15) is 0 Å². The van der Waals surface area contributed by atoms with E-state index < -0.39 is 0 Å². The van der Waals surface area contributed by atoms with Gasteiger partial charge in [0.15, 0.2) is 0 Å². The number of nitrogen functional groups attached to an aromatic ring is 1. The number of aromatic amines is 1. The molecule has 2 aromatic carbocycles. The minimum absolute atomic E-state index is 0.0544. The standard InChI is InChI=1S/C17H16N2O/c1-11-8-17(20)19-16-7-4-13(10-15(11)16)9-12-2-5-14(18)6-3-12/h2-8,10H,9,18H2,1H3,(H,19,20). The molecule has 0 bridgehead atoms. The Morgan fingerprint density at radius 2 is 1.70 bits per heavy atom. The van der Waals surface area contributed by atoms with Crippen LogP contribution in [-0.4, -0.2) is 4.98 Å². The number of aromatic nitrogens is 1. The van der Waals surface area contributed by atoms with Crippen molar-refractivity contribution < 1.29 is 0 Å². The molecular weight excluding hydrogens is 248 g/mol. The minimum Gasteiger partial charge on any atom is -0.399 e. The summed E-state index contributed by atoms with van der Waals surface area (Å²) in [6, 6.07) is 15.7. The quantitative estimate of drug-likeness (QED) is 0.699. The van der Waals surface area contributed by atoms with Gasteiger partial charge in [0.05, 0.1) is 0 Å². The summed E-state index contributed by atoms with van der Waals surface area (Å²) < 4.78 is 0. The molecule has 1 heterocycles. The third kappa shape index (κ3) is 2.43. The lowest BCUT2D eigenvalue weighted by atomic mass is 10.0. The van der Waals surface area contributed by atoms with Crippen molar-refractivity contribution in [3.05, 3.63) is 75.6 Å². The van der Waals surface area contributed by atoms with Crippen LogP contribution in [0.3, 0.4) is 0 Å². The first-order chi connectivity index (χ1) is 9.61. The molecule has 0 spiro atoms. The summed E-state index contributed by atoms with van der Waals surface area (Å²) in [5.41, 5.74) is 10.7. The molecule has 0 saturated carbocycles. The molecule has 100 valence electrons. The Kier molecular flexibility index (Phi) is 3.03. The molecule has 3 nitrogen and oxygen atoms in total. The number of hydrogen-bond donors (Lipinski definition) is 2. The minimum atomic E-state index is -0.0544. The summed E-state index contributed by atoms with van der Waals surface area (Å²) in [5.74, 6) is 0. The lowest BCUT2D eigenvalue weighted by Gasteiger charge is -2.06. The van der Waals surface area contributed by atoms with Crippen LogP contribution < -0.4 is 11.3 Å². The van der Waals surface area contributed by atoms with Crippen LogP contribution in [0, 0.1) is 6.92 Å². The number of anilines is 1. The number of nitrogens with one attached hydrogen (secondary N) is 1. The van der Waals surface area contributed by atoms with Crippen LogP contribution in [0.25, 0.3) is 10.9 Å². The second-order valence-electron chi connectivity index (χ2n) is 5.11. The molecule has 3 rings (SSSR count). The first-order valence-corrected chi connectivity index (χ1v) is 6.59. The molecule has 0 aliphatic carbocycles. The maximum Gasteiger partial charge on any atom is 0.248 e. The number of rotatable bonds is 2. The zero-order valence-electron chi connectivity index (χ0n) is 11.3. The normalized spacial score (nSPS) is 10.8. The van der Waals surface area contributed by atoms with E-state index in [2.05, 4.69) is 11.1 Å². The van der Waals surface area contributed by atoms with E-state index in [4.69, 9.17) is 5.73 Å². The van der Waals surface area contributed by atoms with E-state index >= 15 is 0 Å². The third-order valence-corrected chi connectivity index (χ3v) is 3.50. The summed E-state index contributed by atoms with van der Waals surface area (Å²) in [6.07, 6.45) is 0.856. The highest BCUT2D eigenvalue weighted by atomic mass is 16.1. The van der Waals surface area contributed by atoms with Crippen molar-refractivity contribution >= 4 is 16.6 Å². The largest absolute Gasteiger partial charge is 0.399 e. The Morgan fingerprint density at radius 3 is 2.45 bits per heavy atom. The van der Waals surface area contributed by atoms with Gasteiger partial charge in [0.1, 0.15) is 0 Å². The Balaban J connectivity index is 2.00. The molecule has 0 radical (unpaired) electrons. The van der Waals surface area contributed by atoms with Crippen molar-refractivity contribution in [3.8, 4) is 0 Å². The van der Waals surface area contributed by atoms with E-state index in [1.807, 2.05) is 43.3 Å².